The summed E-state index contributed by atoms with van der Waals surface area (Å²) in [5.41, 5.74) is 7.99. The first-order chi connectivity index (χ1) is 8.31. The molecule has 0 saturated carbocycles. The van der Waals surface area contributed by atoms with Gasteiger partial charge < -0.3 is 0 Å². The Morgan fingerprint density at radius 2 is 1.67 bits per heavy atom. The molecule has 8 heteroatoms. The first-order valence-corrected chi connectivity index (χ1v) is 3.69. The van der Waals surface area contributed by atoms with Crippen LogP contribution < -0.4 is 0 Å². The topological polar surface area (TPSA) is 132 Å². The molecule has 4 radical (unpaired) electrons. The van der Waals surface area contributed by atoms with Crippen LogP contribution in [0.4, 0.5) is 0 Å². The van der Waals surface area contributed by atoms with E-state index in [2.05, 4.69) is 30.0 Å². The van der Waals surface area contributed by atoms with Gasteiger partial charge in [0.1, 0.15) is 0 Å². The van der Waals surface area contributed by atoms with Gasteiger partial charge in [0.2, 0.25) is 0 Å². The fraction of sp³-hybridized carbons (Fsp3) is 0.200. The van der Waals surface area contributed by atoms with E-state index in [-0.39, 0.29) is 23.1 Å². The van der Waals surface area contributed by atoms with Crippen molar-refractivity contribution in [3.05, 3.63) is 56.1 Å². The zero-order chi connectivity index (χ0) is 14.5. The second-order valence-electron chi connectivity index (χ2n) is 1.82. The Morgan fingerprint density at radius 1 is 1.22 bits per heavy atom. The Morgan fingerprint density at radius 3 is 2.00 bits per heavy atom. The summed E-state index contributed by atoms with van der Waals surface area (Å²) >= 11 is 0. The van der Waals surface area contributed by atoms with Crippen molar-refractivity contribution in [1.82, 2.24) is 0 Å². The van der Waals surface area contributed by atoms with Crippen molar-refractivity contribution < 1.29 is 31.0 Å². The standard InChI is InChI=1S/C7H8N4.3CO.Fe/c1-7(10-11-9)5-3-2-4-6-8;3*1-2;/h2-5,7H,1H3;;;;/t7-;;;;/m0..../s1. The fourth-order valence-electron chi connectivity index (χ4n) is 0.443. The van der Waals surface area contributed by atoms with Crippen LogP contribution in [0.1, 0.15) is 6.92 Å². The summed E-state index contributed by atoms with van der Waals surface area (Å²) in [5, 5.41) is 11.5. The third-order valence-corrected chi connectivity index (χ3v) is 0.905. The van der Waals surface area contributed by atoms with Gasteiger partial charge in [-0.1, -0.05) is 12.0 Å². The van der Waals surface area contributed by atoms with Gasteiger partial charge in [-0.05, 0) is 24.8 Å². The molecule has 0 aliphatic carbocycles. The second-order valence-corrected chi connectivity index (χ2v) is 1.82. The monoisotopic (exact) mass is 288 g/mol. The number of unbranched alkanes of at least 4 members (excludes halogenated alkanes) is 2. The van der Waals surface area contributed by atoms with E-state index in [4.69, 9.17) is 24.7 Å². The molecule has 7 nitrogen and oxygen atoms in total. The zero-order valence-corrected chi connectivity index (χ0v) is 10.4. The summed E-state index contributed by atoms with van der Waals surface area (Å²) in [5.74, 6) is 0. The van der Waals surface area contributed by atoms with Crippen molar-refractivity contribution in [1.29, 1.82) is 5.26 Å². The van der Waals surface area contributed by atoms with Crippen LogP contribution in [-0.2, 0) is 31.0 Å². The van der Waals surface area contributed by atoms with Crippen LogP contribution in [0.5, 0.6) is 0 Å². The van der Waals surface area contributed by atoms with Gasteiger partial charge in [-0.15, -0.1) is 0 Å². The molecule has 0 fully saturated rings. The molecule has 0 aliphatic heterocycles. The quantitative estimate of drug-likeness (QED) is 0.143. The number of hydrogen-bond acceptors (Lipinski definition) is 2. The maximum Gasteiger partial charge on any atom is 0 e. The third-order valence-electron chi connectivity index (χ3n) is 0.905. The molecule has 0 aliphatic rings. The van der Waals surface area contributed by atoms with E-state index in [9.17, 15) is 0 Å². The van der Waals surface area contributed by atoms with Crippen LogP contribution in [-0.4, -0.2) is 6.04 Å². The third kappa shape index (κ3) is 46.9. The molecule has 0 N–H and O–H groups in total. The molecule has 0 aromatic heterocycles. The molecule has 0 unspecified atom stereocenters. The molecule has 0 aromatic rings. The van der Waals surface area contributed by atoms with Crippen molar-refractivity contribution in [2.45, 2.75) is 13.0 Å². The Hall–Kier alpha value is -1.46. The van der Waals surface area contributed by atoms with Crippen LogP contribution in [0.2, 0.25) is 0 Å². The molecular weight excluding hydrogens is 280 g/mol. The molecule has 18 heavy (non-hydrogen) atoms. The minimum Gasteiger partial charge on any atom is 0 e. The minimum atomic E-state index is -0.164. The predicted octanol–water partition coefficient (Wildman–Crippen LogP) is 1.91. The van der Waals surface area contributed by atoms with Crippen LogP contribution in [0.3, 0.4) is 0 Å². The van der Waals surface area contributed by atoms with Gasteiger partial charge in [-0.2, -0.15) is 5.26 Å². The van der Waals surface area contributed by atoms with Crippen LogP contribution >= 0.6 is 0 Å². The van der Waals surface area contributed by atoms with Gasteiger partial charge in [0.15, 0.2) is 0 Å². The Bertz CT molecular complexity index is 275. The number of nitriles is 1. The van der Waals surface area contributed by atoms with Gasteiger partial charge in [0.05, 0.1) is 12.5 Å². The van der Waals surface area contributed by atoms with E-state index >= 15 is 0 Å². The van der Waals surface area contributed by atoms with E-state index in [1.54, 1.807) is 26.2 Å². The zero-order valence-electron chi connectivity index (χ0n) is 9.25. The molecule has 0 bridgehead atoms. The van der Waals surface area contributed by atoms with E-state index < -0.39 is 0 Å². The van der Waals surface area contributed by atoms with E-state index in [1.165, 1.54) is 6.42 Å². The molecular formula is C10H8FeN4O3. The summed E-state index contributed by atoms with van der Waals surface area (Å²) in [7, 11) is 0. The number of rotatable bonds is 5. The maximum atomic E-state index is 8.08. The molecule has 1 atom stereocenters. The van der Waals surface area contributed by atoms with Gasteiger partial charge in [0.25, 0.3) is 0 Å². The smallest absolute Gasteiger partial charge is 0 e. The molecule has 0 aromatic carbocycles. The first kappa shape index (κ1) is 30.0. The van der Waals surface area contributed by atoms with Crippen LogP contribution in [0.25, 0.3) is 10.4 Å². The largest absolute Gasteiger partial charge is 0 e. The Labute approximate surface area is 117 Å². The Balaban J connectivity index is -0.0000000700. The summed E-state index contributed by atoms with van der Waals surface area (Å²) < 4.78 is 22.5. The van der Waals surface area contributed by atoms with Crippen molar-refractivity contribution >= 4 is 0 Å². The van der Waals surface area contributed by atoms with Gasteiger partial charge in [-0.3, -0.25) is 0 Å². The molecule has 0 spiro atoms. The van der Waals surface area contributed by atoms with E-state index in [0.717, 1.165) is 0 Å². The molecule has 0 rings (SSSR count). The number of hydrogen-bond donors (Lipinski definition) is 0. The number of azide groups is 1. The summed E-state index contributed by atoms with van der Waals surface area (Å²) in [6, 6.07) is 1.67. The van der Waals surface area contributed by atoms with Gasteiger partial charge in [0, 0.05) is 28.0 Å². The average Bonchev–Trinajstić information content (AvgIpc) is 2.42. The number of nitrogens with zero attached hydrogens (tertiary/aromatic N) is 4. The predicted molar refractivity (Wildman–Crippen MR) is 53.2 cm³/mol. The maximum absolute atomic E-state index is 8.08. The van der Waals surface area contributed by atoms with Crippen molar-refractivity contribution in [2.24, 2.45) is 5.11 Å². The first-order valence-electron chi connectivity index (χ1n) is 3.69. The normalized spacial score (nSPS) is 7.22. The second kappa shape index (κ2) is 45.0. The molecule has 0 amide bonds. The van der Waals surface area contributed by atoms with E-state index in [1.807, 2.05) is 6.07 Å². The van der Waals surface area contributed by atoms with Crippen molar-refractivity contribution in [3.63, 3.8) is 0 Å². The van der Waals surface area contributed by atoms with Gasteiger partial charge >= 0.3 is 33.9 Å². The molecule has 0 saturated heterocycles. The van der Waals surface area contributed by atoms with Crippen molar-refractivity contribution in [2.75, 3.05) is 0 Å². The van der Waals surface area contributed by atoms with E-state index in [0.29, 0.717) is 0 Å². The molecule has 94 valence electrons. The van der Waals surface area contributed by atoms with Crippen LogP contribution in [0.15, 0.2) is 5.11 Å². The fourth-order valence-corrected chi connectivity index (χ4v) is 0.443. The SMILES string of the molecule is C[C@@H]([CH][CH][CH][CH]C#N)N=[N+]=[N-].[C-]#[O+].[C-]#[O+].[C-]#[O+].[Fe]. The summed E-state index contributed by atoms with van der Waals surface area (Å²) in [6.07, 6.45) is 6.30. The average molecular weight is 288 g/mol. The van der Waals surface area contributed by atoms with Gasteiger partial charge in [-0.25, -0.2) is 0 Å². The Kier molecular flexibility index (Phi) is 75.1. The summed E-state index contributed by atoms with van der Waals surface area (Å²) in [4.78, 5) is 2.62. The van der Waals surface area contributed by atoms with Crippen LogP contribution in [0, 0.1) is 57.0 Å². The summed E-state index contributed by atoms with van der Waals surface area (Å²) in [6.45, 7) is 15.3. The minimum absolute atomic E-state index is 0. The van der Waals surface area contributed by atoms with Crippen molar-refractivity contribution in [3.8, 4) is 6.07 Å². The molecule has 0 heterocycles.